The van der Waals surface area contributed by atoms with Gasteiger partial charge in [0.15, 0.2) is 5.13 Å². The molecule has 0 radical (unpaired) electrons. The standard InChI is InChI=1S/C21H20FN3O2S2/c1-14-3-2-4-15(9-14)10-19(26)25-21-24-18(12-29-21)11-28-13-20(27)23-17-7-5-16(22)6-8-17/h2-9,12H,10-11,13H2,1H3,(H,23,27)(H,24,25,26). The van der Waals surface area contributed by atoms with E-state index in [4.69, 9.17) is 0 Å². The number of hydrogen-bond donors (Lipinski definition) is 2. The van der Waals surface area contributed by atoms with Crippen LogP contribution >= 0.6 is 23.1 Å². The summed E-state index contributed by atoms with van der Waals surface area (Å²) in [4.78, 5) is 28.5. The Morgan fingerprint density at radius 2 is 1.90 bits per heavy atom. The fourth-order valence-electron chi connectivity index (χ4n) is 2.58. The minimum absolute atomic E-state index is 0.108. The minimum atomic E-state index is -0.345. The van der Waals surface area contributed by atoms with Crippen molar-refractivity contribution in [1.82, 2.24) is 4.98 Å². The fraction of sp³-hybridized carbons (Fsp3) is 0.190. The number of benzene rings is 2. The van der Waals surface area contributed by atoms with E-state index >= 15 is 0 Å². The molecule has 0 aliphatic heterocycles. The molecule has 0 aliphatic rings. The van der Waals surface area contributed by atoms with E-state index in [1.807, 2.05) is 36.6 Å². The van der Waals surface area contributed by atoms with E-state index < -0.39 is 0 Å². The average Bonchev–Trinajstić information content (AvgIpc) is 3.10. The lowest BCUT2D eigenvalue weighted by Crippen LogP contribution is -2.14. The molecule has 2 N–H and O–H groups in total. The molecule has 29 heavy (non-hydrogen) atoms. The second-order valence-corrected chi connectivity index (χ2v) is 8.25. The van der Waals surface area contributed by atoms with Crippen molar-refractivity contribution in [2.75, 3.05) is 16.4 Å². The number of hydrogen-bond acceptors (Lipinski definition) is 5. The van der Waals surface area contributed by atoms with Gasteiger partial charge in [0.2, 0.25) is 11.8 Å². The molecule has 0 fully saturated rings. The molecule has 1 aromatic heterocycles. The van der Waals surface area contributed by atoms with Gasteiger partial charge in [0.25, 0.3) is 0 Å². The van der Waals surface area contributed by atoms with E-state index in [2.05, 4.69) is 15.6 Å². The van der Waals surface area contributed by atoms with Crippen molar-refractivity contribution in [3.63, 3.8) is 0 Å². The predicted molar refractivity (Wildman–Crippen MR) is 117 cm³/mol. The third-order valence-corrected chi connectivity index (χ3v) is 5.63. The second kappa shape index (κ2) is 10.2. The van der Waals surface area contributed by atoms with Gasteiger partial charge in [0.1, 0.15) is 5.82 Å². The fourth-order valence-corrected chi connectivity index (χ4v) is 4.13. The summed E-state index contributed by atoms with van der Waals surface area (Å²) in [6.45, 7) is 1.99. The molecular weight excluding hydrogens is 409 g/mol. The molecule has 2 aromatic carbocycles. The zero-order valence-electron chi connectivity index (χ0n) is 15.8. The first-order valence-corrected chi connectivity index (χ1v) is 10.9. The number of thiazole rings is 1. The zero-order chi connectivity index (χ0) is 20.6. The topological polar surface area (TPSA) is 71.1 Å². The van der Waals surface area contributed by atoms with Gasteiger partial charge in [-0.1, -0.05) is 29.8 Å². The molecule has 0 aliphatic carbocycles. The van der Waals surface area contributed by atoms with Gasteiger partial charge in [-0.05, 0) is 36.8 Å². The Morgan fingerprint density at radius 1 is 1.10 bits per heavy atom. The van der Waals surface area contributed by atoms with Gasteiger partial charge in [0, 0.05) is 16.8 Å². The number of halogens is 1. The highest BCUT2D eigenvalue weighted by Crippen LogP contribution is 2.20. The van der Waals surface area contributed by atoms with E-state index in [9.17, 15) is 14.0 Å². The summed E-state index contributed by atoms with van der Waals surface area (Å²) < 4.78 is 12.9. The van der Waals surface area contributed by atoms with Crippen LogP contribution < -0.4 is 10.6 Å². The number of nitrogens with zero attached hydrogens (tertiary/aromatic N) is 1. The molecule has 1 heterocycles. The summed E-state index contributed by atoms with van der Waals surface area (Å²) in [6.07, 6.45) is 0.300. The molecule has 5 nitrogen and oxygen atoms in total. The first-order valence-electron chi connectivity index (χ1n) is 8.91. The summed E-state index contributed by atoms with van der Waals surface area (Å²) in [7, 11) is 0. The lowest BCUT2D eigenvalue weighted by Gasteiger charge is -2.04. The van der Waals surface area contributed by atoms with Crippen LogP contribution in [0.1, 0.15) is 16.8 Å². The van der Waals surface area contributed by atoms with Crippen LogP contribution in [0.2, 0.25) is 0 Å². The van der Waals surface area contributed by atoms with Gasteiger partial charge in [0.05, 0.1) is 17.9 Å². The monoisotopic (exact) mass is 429 g/mol. The third-order valence-electron chi connectivity index (χ3n) is 3.86. The molecule has 0 saturated carbocycles. The summed E-state index contributed by atoms with van der Waals surface area (Å²) in [5.41, 5.74) is 3.44. The summed E-state index contributed by atoms with van der Waals surface area (Å²) in [6, 6.07) is 13.5. The van der Waals surface area contributed by atoms with Crippen LogP contribution in [-0.4, -0.2) is 22.6 Å². The molecule has 0 unspecified atom stereocenters. The molecule has 3 aromatic rings. The third kappa shape index (κ3) is 6.99. The number of rotatable bonds is 8. The van der Waals surface area contributed by atoms with Crippen molar-refractivity contribution in [1.29, 1.82) is 0 Å². The summed E-state index contributed by atoms with van der Waals surface area (Å²) >= 11 is 2.78. The smallest absolute Gasteiger partial charge is 0.234 e. The van der Waals surface area contributed by atoms with Crippen LogP contribution in [0.15, 0.2) is 53.9 Å². The first kappa shape index (κ1) is 21.0. The molecule has 0 spiro atoms. The Kier molecular flexibility index (Phi) is 7.37. The zero-order valence-corrected chi connectivity index (χ0v) is 17.4. The molecule has 8 heteroatoms. The van der Waals surface area contributed by atoms with Gasteiger partial charge in [-0.25, -0.2) is 9.37 Å². The van der Waals surface area contributed by atoms with Crippen molar-refractivity contribution < 1.29 is 14.0 Å². The average molecular weight is 430 g/mol. The van der Waals surface area contributed by atoms with Crippen molar-refractivity contribution in [2.45, 2.75) is 19.1 Å². The van der Waals surface area contributed by atoms with Gasteiger partial charge in [-0.15, -0.1) is 23.1 Å². The van der Waals surface area contributed by atoms with Gasteiger partial charge >= 0.3 is 0 Å². The Morgan fingerprint density at radius 3 is 2.66 bits per heavy atom. The van der Waals surface area contributed by atoms with Crippen LogP contribution in [0.5, 0.6) is 0 Å². The largest absolute Gasteiger partial charge is 0.325 e. The highest BCUT2D eigenvalue weighted by molar-refractivity contribution is 7.99. The SMILES string of the molecule is Cc1cccc(CC(=O)Nc2nc(CSCC(=O)Nc3ccc(F)cc3)cs2)c1. The van der Waals surface area contributed by atoms with Crippen LogP contribution in [0.4, 0.5) is 15.2 Å². The number of thioether (sulfide) groups is 1. The maximum Gasteiger partial charge on any atom is 0.234 e. The van der Waals surface area contributed by atoms with Crippen molar-refractivity contribution in [3.05, 3.63) is 76.5 Å². The maximum absolute atomic E-state index is 12.9. The maximum atomic E-state index is 12.9. The number of nitrogens with one attached hydrogen (secondary N) is 2. The summed E-state index contributed by atoms with van der Waals surface area (Å²) in [5, 5.41) is 7.95. The lowest BCUT2D eigenvalue weighted by molar-refractivity contribution is -0.115. The van der Waals surface area contributed by atoms with Gasteiger partial charge < -0.3 is 10.6 Å². The Balaban J connectivity index is 1.41. The number of anilines is 2. The number of carbonyl (C=O) groups is 2. The number of aryl methyl sites for hydroxylation is 1. The molecule has 2 amide bonds. The minimum Gasteiger partial charge on any atom is -0.325 e. The van der Waals surface area contributed by atoms with Crippen LogP contribution in [0, 0.1) is 12.7 Å². The Bertz CT molecular complexity index is 990. The Hall–Kier alpha value is -2.71. The number of aromatic nitrogens is 1. The summed E-state index contributed by atoms with van der Waals surface area (Å²) in [5.74, 6) is 0.194. The molecule has 3 rings (SSSR count). The molecule has 150 valence electrons. The lowest BCUT2D eigenvalue weighted by atomic mass is 10.1. The van der Waals surface area contributed by atoms with Gasteiger partial charge in [-0.3, -0.25) is 9.59 Å². The predicted octanol–water partition coefficient (Wildman–Crippen LogP) is 4.64. The van der Waals surface area contributed by atoms with Gasteiger partial charge in [-0.2, -0.15) is 0 Å². The molecule has 0 bridgehead atoms. The highest BCUT2D eigenvalue weighted by Gasteiger charge is 2.09. The molecular formula is C21H20FN3O2S2. The van der Waals surface area contributed by atoms with E-state index in [0.29, 0.717) is 23.0 Å². The first-order chi connectivity index (χ1) is 14.0. The van der Waals surface area contributed by atoms with Crippen LogP contribution in [0.3, 0.4) is 0 Å². The van der Waals surface area contributed by atoms with E-state index in [0.717, 1.165) is 16.8 Å². The normalized spacial score (nSPS) is 10.6. The van der Waals surface area contributed by atoms with E-state index in [1.165, 1.54) is 47.4 Å². The molecule has 0 saturated heterocycles. The van der Waals surface area contributed by atoms with Crippen LogP contribution in [0.25, 0.3) is 0 Å². The second-order valence-electron chi connectivity index (χ2n) is 6.41. The molecule has 0 atom stereocenters. The van der Waals surface area contributed by atoms with Crippen LogP contribution in [-0.2, 0) is 21.8 Å². The van der Waals surface area contributed by atoms with E-state index in [-0.39, 0.29) is 23.4 Å². The number of amides is 2. The van der Waals surface area contributed by atoms with Crippen molar-refractivity contribution >= 4 is 45.7 Å². The highest BCUT2D eigenvalue weighted by atomic mass is 32.2. The quantitative estimate of drug-likeness (QED) is 0.547. The van der Waals surface area contributed by atoms with Crippen molar-refractivity contribution in [3.8, 4) is 0 Å². The number of carbonyl (C=O) groups excluding carboxylic acids is 2. The Labute approximate surface area is 176 Å². The van der Waals surface area contributed by atoms with E-state index in [1.54, 1.807) is 0 Å². The van der Waals surface area contributed by atoms with Crippen molar-refractivity contribution in [2.24, 2.45) is 0 Å².